The van der Waals surface area contributed by atoms with E-state index in [4.69, 9.17) is 0 Å². The molecule has 1 fully saturated rings. The average Bonchev–Trinajstić information content (AvgIpc) is 3.39. The number of rotatable bonds is 6. The lowest BCUT2D eigenvalue weighted by molar-refractivity contribution is -0.126. The SMILES string of the molecule is O=C(NNC(=O)C1CCCN(c2ncccn2)C1)c1ccccc1NS(=O)(=O)c1cccs1. The molecule has 172 valence electrons. The molecule has 1 aromatic carbocycles. The second-order valence-corrected chi connectivity index (χ2v) is 10.2. The van der Waals surface area contributed by atoms with E-state index in [0.29, 0.717) is 18.9 Å². The first kappa shape index (κ1) is 22.7. The summed E-state index contributed by atoms with van der Waals surface area (Å²) in [6, 6.07) is 11.0. The van der Waals surface area contributed by atoms with Gasteiger partial charge in [-0.25, -0.2) is 18.4 Å². The standard InChI is InChI=1S/C21H22N6O4S2/c28-19(15-6-3-12-27(14-15)21-22-10-5-11-23-21)24-25-20(29)16-7-1-2-8-17(16)26-33(30,31)18-9-4-13-32-18/h1-2,4-5,7-11,13,15,26H,3,6,12,14H2,(H,24,28)(H,25,29). The van der Waals surface area contributed by atoms with Gasteiger partial charge in [-0.3, -0.25) is 25.2 Å². The van der Waals surface area contributed by atoms with E-state index in [0.717, 1.165) is 24.3 Å². The van der Waals surface area contributed by atoms with Gasteiger partial charge in [0.2, 0.25) is 11.9 Å². The molecule has 0 bridgehead atoms. The first-order valence-corrected chi connectivity index (χ1v) is 12.6. The highest BCUT2D eigenvalue weighted by Gasteiger charge is 2.27. The van der Waals surface area contributed by atoms with Gasteiger partial charge >= 0.3 is 0 Å². The molecule has 1 aliphatic rings. The molecule has 1 aliphatic heterocycles. The van der Waals surface area contributed by atoms with Crippen LogP contribution < -0.4 is 20.5 Å². The van der Waals surface area contributed by atoms with Gasteiger partial charge in [0, 0.05) is 25.5 Å². The minimum Gasteiger partial charge on any atom is -0.340 e. The number of amides is 2. The highest BCUT2D eigenvalue weighted by molar-refractivity contribution is 7.94. The highest BCUT2D eigenvalue weighted by Crippen LogP contribution is 2.23. The Hall–Kier alpha value is -3.51. The van der Waals surface area contributed by atoms with E-state index < -0.39 is 15.9 Å². The van der Waals surface area contributed by atoms with Crippen molar-refractivity contribution in [2.24, 2.45) is 5.92 Å². The Bertz CT molecular complexity index is 1220. The van der Waals surface area contributed by atoms with Crippen LogP contribution in [-0.4, -0.2) is 43.3 Å². The number of aromatic nitrogens is 2. The third kappa shape index (κ3) is 5.46. The number of thiophene rings is 1. The summed E-state index contributed by atoms with van der Waals surface area (Å²) in [6.45, 7) is 1.18. The molecule has 3 aromatic rings. The Morgan fingerprint density at radius 2 is 1.82 bits per heavy atom. The number of carbonyl (C=O) groups excluding carboxylic acids is 2. The van der Waals surface area contributed by atoms with Crippen LogP contribution >= 0.6 is 11.3 Å². The normalized spacial score (nSPS) is 16.1. The zero-order valence-electron chi connectivity index (χ0n) is 17.5. The molecule has 12 heteroatoms. The number of sulfonamides is 1. The van der Waals surface area contributed by atoms with Crippen molar-refractivity contribution < 1.29 is 18.0 Å². The van der Waals surface area contributed by atoms with Gasteiger partial charge in [-0.2, -0.15) is 0 Å². The van der Waals surface area contributed by atoms with Crippen LogP contribution in [0.25, 0.3) is 0 Å². The fraction of sp³-hybridized carbons (Fsp3) is 0.238. The summed E-state index contributed by atoms with van der Waals surface area (Å²) in [7, 11) is -3.82. The Balaban J connectivity index is 1.38. The number of hydrogen-bond acceptors (Lipinski definition) is 8. The largest absolute Gasteiger partial charge is 0.340 e. The smallest absolute Gasteiger partial charge is 0.271 e. The Kier molecular flexibility index (Phi) is 6.84. The van der Waals surface area contributed by atoms with Crippen LogP contribution in [0.1, 0.15) is 23.2 Å². The first-order valence-electron chi connectivity index (χ1n) is 10.2. The van der Waals surface area contributed by atoms with Crippen LogP contribution in [0.3, 0.4) is 0 Å². The third-order valence-electron chi connectivity index (χ3n) is 5.10. The maximum absolute atomic E-state index is 12.7. The van der Waals surface area contributed by atoms with Crippen molar-refractivity contribution in [1.82, 2.24) is 20.8 Å². The summed E-state index contributed by atoms with van der Waals surface area (Å²) in [5.74, 6) is -0.756. The molecule has 1 atom stereocenters. The summed E-state index contributed by atoms with van der Waals surface area (Å²) in [6.07, 6.45) is 4.76. The predicted molar refractivity (Wildman–Crippen MR) is 124 cm³/mol. The molecule has 3 N–H and O–H groups in total. The Morgan fingerprint density at radius 3 is 2.58 bits per heavy atom. The second kappa shape index (κ2) is 9.96. The minimum atomic E-state index is -3.82. The van der Waals surface area contributed by atoms with Crippen molar-refractivity contribution in [2.45, 2.75) is 17.1 Å². The molecule has 2 aromatic heterocycles. The molecule has 33 heavy (non-hydrogen) atoms. The van der Waals surface area contributed by atoms with Crippen molar-refractivity contribution >= 4 is 44.8 Å². The van der Waals surface area contributed by atoms with Gasteiger partial charge in [0.1, 0.15) is 4.21 Å². The fourth-order valence-corrected chi connectivity index (χ4v) is 5.57. The topological polar surface area (TPSA) is 133 Å². The van der Waals surface area contributed by atoms with Crippen LogP contribution in [0.15, 0.2) is 64.4 Å². The van der Waals surface area contributed by atoms with E-state index in [-0.39, 0.29) is 27.3 Å². The number of piperidine rings is 1. The van der Waals surface area contributed by atoms with Crippen LogP contribution in [-0.2, 0) is 14.8 Å². The minimum absolute atomic E-state index is 0.0842. The van der Waals surface area contributed by atoms with Crippen molar-refractivity contribution in [3.05, 3.63) is 65.8 Å². The van der Waals surface area contributed by atoms with Gasteiger partial charge in [-0.05, 0) is 42.5 Å². The van der Waals surface area contributed by atoms with Gasteiger partial charge in [0.05, 0.1) is 17.2 Å². The molecule has 0 radical (unpaired) electrons. The Morgan fingerprint density at radius 1 is 1.03 bits per heavy atom. The van der Waals surface area contributed by atoms with E-state index >= 15 is 0 Å². The summed E-state index contributed by atoms with van der Waals surface area (Å²) in [5.41, 5.74) is 5.05. The number of para-hydroxylation sites is 1. The second-order valence-electron chi connectivity index (χ2n) is 7.36. The van der Waals surface area contributed by atoms with Gasteiger partial charge in [-0.15, -0.1) is 11.3 Å². The van der Waals surface area contributed by atoms with Gasteiger partial charge in [0.15, 0.2) is 0 Å². The fourth-order valence-electron chi connectivity index (χ4n) is 3.50. The average molecular weight is 487 g/mol. The van der Waals surface area contributed by atoms with Gasteiger partial charge in [-0.1, -0.05) is 18.2 Å². The summed E-state index contributed by atoms with van der Waals surface area (Å²) in [5, 5.41) is 1.65. The molecule has 10 nitrogen and oxygen atoms in total. The van der Waals surface area contributed by atoms with Crippen LogP contribution in [0.5, 0.6) is 0 Å². The Labute approximate surface area is 195 Å². The molecule has 4 rings (SSSR count). The lowest BCUT2D eigenvalue weighted by Gasteiger charge is -2.31. The van der Waals surface area contributed by atoms with E-state index in [9.17, 15) is 18.0 Å². The van der Waals surface area contributed by atoms with E-state index in [1.165, 1.54) is 18.2 Å². The maximum Gasteiger partial charge on any atom is 0.271 e. The number of hydrazine groups is 1. The molecule has 1 saturated heterocycles. The zero-order chi connectivity index (χ0) is 23.3. The van der Waals surface area contributed by atoms with Crippen molar-refractivity contribution in [2.75, 3.05) is 22.7 Å². The molecular formula is C21H22N6O4S2. The quantitative estimate of drug-likeness (QED) is 0.454. The van der Waals surface area contributed by atoms with E-state index in [1.807, 2.05) is 4.90 Å². The molecule has 1 unspecified atom stereocenters. The van der Waals surface area contributed by atoms with E-state index in [2.05, 4.69) is 25.5 Å². The summed E-state index contributed by atoms with van der Waals surface area (Å²) < 4.78 is 27.6. The van der Waals surface area contributed by atoms with Crippen LogP contribution in [0.4, 0.5) is 11.6 Å². The number of nitrogens with zero attached hydrogens (tertiary/aromatic N) is 3. The summed E-state index contributed by atoms with van der Waals surface area (Å²) in [4.78, 5) is 35.8. The zero-order valence-corrected chi connectivity index (χ0v) is 19.1. The summed E-state index contributed by atoms with van der Waals surface area (Å²) >= 11 is 1.07. The van der Waals surface area contributed by atoms with Crippen LogP contribution in [0.2, 0.25) is 0 Å². The van der Waals surface area contributed by atoms with E-state index in [1.54, 1.807) is 42.0 Å². The lowest BCUT2D eigenvalue weighted by Crippen LogP contribution is -2.49. The molecule has 2 amide bonds. The first-order chi connectivity index (χ1) is 15.9. The molecular weight excluding hydrogens is 464 g/mol. The van der Waals surface area contributed by atoms with Gasteiger partial charge < -0.3 is 4.90 Å². The highest BCUT2D eigenvalue weighted by atomic mass is 32.2. The number of carbonyl (C=O) groups is 2. The number of nitrogens with one attached hydrogen (secondary N) is 3. The van der Waals surface area contributed by atoms with Gasteiger partial charge in [0.25, 0.3) is 15.9 Å². The predicted octanol–water partition coefficient (Wildman–Crippen LogP) is 2.02. The molecule has 3 heterocycles. The maximum atomic E-state index is 12.7. The lowest BCUT2D eigenvalue weighted by atomic mass is 9.98. The van der Waals surface area contributed by atoms with Crippen molar-refractivity contribution in [3.63, 3.8) is 0 Å². The van der Waals surface area contributed by atoms with Crippen molar-refractivity contribution in [3.8, 4) is 0 Å². The van der Waals surface area contributed by atoms with Crippen molar-refractivity contribution in [1.29, 1.82) is 0 Å². The van der Waals surface area contributed by atoms with Crippen LogP contribution in [0, 0.1) is 5.92 Å². The number of anilines is 2. The molecule has 0 saturated carbocycles. The molecule has 0 aliphatic carbocycles. The number of hydrogen-bond donors (Lipinski definition) is 3. The molecule has 0 spiro atoms. The third-order valence-corrected chi connectivity index (χ3v) is 7.87. The number of benzene rings is 1. The monoisotopic (exact) mass is 486 g/mol.